The largest absolute Gasteiger partial charge is 0.548 e. The molecule has 4 nitrogen and oxygen atoms in total. The van der Waals surface area contributed by atoms with Crippen LogP contribution in [0, 0.1) is 0 Å². The minimum Gasteiger partial charge on any atom is -0.548 e. The van der Waals surface area contributed by atoms with Gasteiger partial charge in [0.15, 0.2) is 0 Å². The predicted molar refractivity (Wildman–Crippen MR) is 75.9 cm³/mol. The summed E-state index contributed by atoms with van der Waals surface area (Å²) >= 11 is 6.14. The second kappa shape index (κ2) is 5.54. The number of carboxylic acid groups (broad SMARTS) is 1. The van der Waals surface area contributed by atoms with Crippen molar-refractivity contribution in [3.8, 4) is 0 Å². The molecule has 1 aliphatic heterocycles. The number of carboxylic acids is 1. The van der Waals surface area contributed by atoms with Crippen molar-refractivity contribution < 1.29 is 14.7 Å². The highest BCUT2D eigenvalue weighted by molar-refractivity contribution is 8.26. The topological polar surface area (TPSA) is 60.4 Å². The van der Waals surface area contributed by atoms with E-state index < -0.39 is 17.9 Å². The van der Waals surface area contributed by atoms with Gasteiger partial charge in [-0.15, -0.1) is 0 Å². The SMILES string of the molecule is C[C@H](C(=O)[O-])N1C(=O)/C(=C\c2ccccc2)SC1=S. The fourth-order valence-electron chi connectivity index (χ4n) is 1.62. The van der Waals surface area contributed by atoms with Crippen LogP contribution in [0.1, 0.15) is 12.5 Å². The summed E-state index contributed by atoms with van der Waals surface area (Å²) in [6, 6.07) is 8.24. The maximum absolute atomic E-state index is 12.1. The smallest absolute Gasteiger partial charge is 0.266 e. The number of aliphatic carboxylic acids is 1. The molecule has 19 heavy (non-hydrogen) atoms. The third-order valence-corrected chi connectivity index (χ3v) is 3.98. The Bertz CT molecular complexity index is 569. The lowest BCUT2D eigenvalue weighted by Crippen LogP contribution is -2.48. The Labute approximate surface area is 120 Å². The molecule has 0 saturated carbocycles. The van der Waals surface area contributed by atoms with Crippen molar-refractivity contribution in [2.75, 3.05) is 0 Å². The Balaban J connectivity index is 2.28. The highest BCUT2D eigenvalue weighted by atomic mass is 32.2. The minimum atomic E-state index is -1.32. The van der Waals surface area contributed by atoms with Crippen molar-refractivity contribution in [3.63, 3.8) is 0 Å². The van der Waals surface area contributed by atoms with Crippen LogP contribution in [-0.4, -0.2) is 27.1 Å². The first-order valence-corrected chi connectivity index (χ1v) is 6.76. The third-order valence-electron chi connectivity index (χ3n) is 2.65. The molecule has 0 N–H and O–H groups in total. The first kappa shape index (κ1) is 13.8. The van der Waals surface area contributed by atoms with E-state index in [-0.39, 0.29) is 4.32 Å². The Hall–Kier alpha value is -1.66. The zero-order chi connectivity index (χ0) is 14.0. The fourth-order valence-corrected chi connectivity index (χ4v) is 3.04. The number of hydrogen-bond acceptors (Lipinski definition) is 5. The van der Waals surface area contributed by atoms with E-state index in [0.29, 0.717) is 4.91 Å². The lowest BCUT2D eigenvalue weighted by Gasteiger charge is -2.23. The Morgan fingerprint density at radius 3 is 2.63 bits per heavy atom. The summed E-state index contributed by atoms with van der Waals surface area (Å²) in [5.41, 5.74) is 0.865. The van der Waals surface area contributed by atoms with Crippen molar-refractivity contribution in [2.45, 2.75) is 13.0 Å². The van der Waals surface area contributed by atoms with Crippen LogP contribution in [0.4, 0.5) is 0 Å². The van der Waals surface area contributed by atoms with Gasteiger partial charge in [-0.25, -0.2) is 0 Å². The molecule has 0 spiro atoms. The second-order valence-corrected chi connectivity index (χ2v) is 5.63. The fraction of sp³-hybridized carbons (Fsp3) is 0.154. The molecule has 1 aliphatic rings. The van der Waals surface area contributed by atoms with E-state index >= 15 is 0 Å². The summed E-state index contributed by atoms with van der Waals surface area (Å²) in [5.74, 6) is -1.71. The Kier molecular flexibility index (Phi) is 4.01. The number of thioether (sulfide) groups is 1. The van der Waals surface area contributed by atoms with E-state index in [2.05, 4.69) is 0 Å². The van der Waals surface area contributed by atoms with Crippen molar-refractivity contribution in [1.29, 1.82) is 0 Å². The molecule has 1 aromatic carbocycles. The number of nitrogens with zero attached hydrogens (tertiary/aromatic N) is 1. The molecule has 1 atom stereocenters. The van der Waals surface area contributed by atoms with Crippen molar-refractivity contribution in [2.24, 2.45) is 0 Å². The minimum absolute atomic E-state index is 0.240. The normalized spacial score (nSPS) is 19.0. The average Bonchev–Trinajstić information content (AvgIpc) is 2.65. The highest BCUT2D eigenvalue weighted by Crippen LogP contribution is 2.33. The van der Waals surface area contributed by atoms with Gasteiger partial charge in [0.2, 0.25) is 0 Å². The number of carbonyl (C=O) groups excluding carboxylic acids is 2. The molecular weight excluding hydrogens is 282 g/mol. The lowest BCUT2D eigenvalue weighted by molar-refractivity contribution is -0.309. The zero-order valence-corrected chi connectivity index (χ0v) is 11.7. The molecule has 0 bridgehead atoms. The molecule has 1 aromatic rings. The van der Waals surface area contributed by atoms with Gasteiger partial charge in [-0.05, 0) is 18.6 Å². The summed E-state index contributed by atoms with van der Waals surface area (Å²) in [6.45, 7) is 1.38. The van der Waals surface area contributed by atoms with Crippen LogP contribution in [0.25, 0.3) is 6.08 Å². The quantitative estimate of drug-likeness (QED) is 0.615. The van der Waals surface area contributed by atoms with Crippen LogP contribution in [0.2, 0.25) is 0 Å². The van der Waals surface area contributed by atoms with Gasteiger partial charge >= 0.3 is 0 Å². The van der Waals surface area contributed by atoms with E-state index in [1.165, 1.54) is 6.92 Å². The van der Waals surface area contributed by atoms with Crippen LogP contribution >= 0.6 is 24.0 Å². The van der Waals surface area contributed by atoms with Gasteiger partial charge in [-0.1, -0.05) is 54.3 Å². The van der Waals surface area contributed by atoms with Crippen molar-refractivity contribution in [3.05, 3.63) is 40.8 Å². The summed E-state index contributed by atoms with van der Waals surface area (Å²) in [5, 5.41) is 10.8. The van der Waals surface area contributed by atoms with E-state index in [4.69, 9.17) is 12.2 Å². The third kappa shape index (κ3) is 2.85. The summed E-state index contributed by atoms with van der Waals surface area (Å²) in [7, 11) is 0. The Morgan fingerprint density at radius 2 is 2.05 bits per heavy atom. The monoisotopic (exact) mass is 292 g/mol. The first-order chi connectivity index (χ1) is 9.00. The molecule has 0 aliphatic carbocycles. The molecule has 1 saturated heterocycles. The molecule has 1 heterocycles. The number of hydrogen-bond donors (Lipinski definition) is 0. The van der Waals surface area contributed by atoms with Gasteiger partial charge < -0.3 is 9.90 Å². The van der Waals surface area contributed by atoms with E-state index in [1.807, 2.05) is 30.3 Å². The zero-order valence-electron chi connectivity index (χ0n) is 10.0. The summed E-state index contributed by atoms with van der Waals surface area (Å²) in [6.07, 6.45) is 1.70. The molecule has 98 valence electrons. The summed E-state index contributed by atoms with van der Waals surface area (Å²) < 4.78 is 0.240. The van der Waals surface area contributed by atoms with Gasteiger partial charge in [0.25, 0.3) is 5.91 Å². The van der Waals surface area contributed by atoms with E-state index in [1.54, 1.807) is 6.08 Å². The molecule has 1 fully saturated rings. The number of thiocarbonyl (C=S) groups is 1. The van der Waals surface area contributed by atoms with Gasteiger partial charge in [-0.2, -0.15) is 0 Å². The number of benzene rings is 1. The molecule has 1 amide bonds. The van der Waals surface area contributed by atoms with Crippen LogP contribution < -0.4 is 5.11 Å². The van der Waals surface area contributed by atoms with Crippen LogP contribution in [-0.2, 0) is 9.59 Å². The van der Waals surface area contributed by atoms with Gasteiger partial charge in [0.05, 0.1) is 16.9 Å². The number of amides is 1. The number of rotatable bonds is 3. The molecule has 2 rings (SSSR count). The molecule has 6 heteroatoms. The van der Waals surface area contributed by atoms with Gasteiger partial charge in [0, 0.05) is 0 Å². The maximum Gasteiger partial charge on any atom is 0.266 e. The van der Waals surface area contributed by atoms with Gasteiger partial charge in [0.1, 0.15) is 4.32 Å². The van der Waals surface area contributed by atoms with E-state index in [9.17, 15) is 14.7 Å². The maximum atomic E-state index is 12.1. The predicted octanol–water partition coefficient (Wildman–Crippen LogP) is 1.03. The van der Waals surface area contributed by atoms with E-state index in [0.717, 1.165) is 22.2 Å². The second-order valence-electron chi connectivity index (χ2n) is 3.96. The average molecular weight is 292 g/mol. The first-order valence-electron chi connectivity index (χ1n) is 5.53. The van der Waals surface area contributed by atoms with Crippen LogP contribution in [0.3, 0.4) is 0 Å². The molecule has 0 aromatic heterocycles. The molecule has 0 radical (unpaired) electrons. The Morgan fingerprint density at radius 1 is 1.42 bits per heavy atom. The van der Waals surface area contributed by atoms with Crippen LogP contribution in [0.5, 0.6) is 0 Å². The highest BCUT2D eigenvalue weighted by Gasteiger charge is 2.35. The molecular formula is C13H10NO3S2-. The van der Waals surface area contributed by atoms with Gasteiger partial charge in [-0.3, -0.25) is 9.69 Å². The summed E-state index contributed by atoms with van der Waals surface area (Å²) in [4.78, 5) is 24.5. The van der Waals surface area contributed by atoms with Crippen LogP contribution in [0.15, 0.2) is 35.2 Å². The number of carbonyl (C=O) groups is 2. The van der Waals surface area contributed by atoms with Crippen molar-refractivity contribution in [1.82, 2.24) is 4.90 Å². The standard InChI is InChI=1S/C13H11NO3S2/c1-8(12(16)17)14-11(15)10(19-13(14)18)7-9-5-3-2-4-6-9/h2-8H,1H3,(H,16,17)/p-1/b10-7+/t8-/m1/s1. The lowest BCUT2D eigenvalue weighted by atomic mass is 10.2. The van der Waals surface area contributed by atoms with Crippen molar-refractivity contribution >= 4 is 46.3 Å². The molecule has 0 unspecified atom stereocenters.